The normalized spacial score (nSPS) is 12.1. The minimum Gasteiger partial charge on any atom is -0.489 e. The third-order valence-corrected chi connectivity index (χ3v) is 6.25. The first kappa shape index (κ1) is 32.7. The van der Waals surface area contributed by atoms with Crippen molar-refractivity contribution < 1.29 is 18.6 Å². The van der Waals surface area contributed by atoms with Gasteiger partial charge in [-0.05, 0) is 104 Å². The minimum atomic E-state index is -0.557. The van der Waals surface area contributed by atoms with Crippen LogP contribution < -0.4 is 19.8 Å². The van der Waals surface area contributed by atoms with Gasteiger partial charge in [0.05, 0.1) is 12.0 Å². The molecule has 0 fully saturated rings. The van der Waals surface area contributed by atoms with E-state index >= 15 is 0 Å². The van der Waals surface area contributed by atoms with Crippen molar-refractivity contribution in [3.05, 3.63) is 87.4 Å². The SMILES string of the molecule is CCC=CCCOc1c(OCC=C(C)CCC=C(C)C)c2ccc(OCC=C(C)CCC=C(C)C)cc2oc1=O. The smallest absolute Gasteiger partial charge is 0.383 e. The maximum absolute atomic E-state index is 13.0. The third kappa shape index (κ3) is 12.1. The summed E-state index contributed by atoms with van der Waals surface area (Å²) in [6, 6.07) is 5.48. The van der Waals surface area contributed by atoms with Gasteiger partial charge in [-0.1, -0.05) is 53.5 Å². The van der Waals surface area contributed by atoms with Crippen molar-refractivity contribution in [2.45, 2.75) is 87.0 Å². The summed E-state index contributed by atoms with van der Waals surface area (Å²) in [6.07, 6.45) is 18.4. The van der Waals surface area contributed by atoms with E-state index in [0.717, 1.165) is 32.1 Å². The zero-order valence-electron chi connectivity index (χ0n) is 25.6. The van der Waals surface area contributed by atoms with Gasteiger partial charge < -0.3 is 18.6 Å². The number of rotatable bonds is 17. The molecule has 0 spiro atoms. The molecule has 0 aliphatic rings. The maximum Gasteiger partial charge on any atom is 0.383 e. The third-order valence-electron chi connectivity index (χ3n) is 6.25. The molecule has 0 saturated carbocycles. The van der Waals surface area contributed by atoms with Crippen LogP contribution in [0.4, 0.5) is 0 Å². The van der Waals surface area contributed by atoms with Gasteiger partial charge in [-0.15, -0.1) is 0 Å². The molecule has 0 amide bonds. The van der Waals surface area contributed by atoms with Crippen LogP contribution >= 0.6 is 0 Å². The summed E-state index contributed by atoms with van der Waals surface area (Å²) in [5, 5.41) is 0.676. The van der Waals surface area contributed by atoms with Crippen molar-refractivity contribution in [2.75, 3.05) is 19.8 Å². The molecular formula is C35H48O5. The van der Waals surface area contributed by atoms with Crippen LogP contribution in [-0.4, -0.2) is 19.8 Å². The predicted molar refractivity (Wildman–Crippen MR) is 168 cm³/mol. The van der Waals surface area contributed by atoms with Crippen molar-refractivity contribution in [3.63, 3.8) is 0 Å². The number of hydrogen-bond donors (Lipinski definition) is 0. The first-order valence-electron chi connectivity index (χ1n) is 14.4. The fourth-order valence-electron chi connectivity index (χ4n) is 3.94. The molecule has 2 rings (SSSR count). The van der Waals surface area contributed by atoms with E-state index in [1.807, 2.05) is 18.2 Å². The molecule has 2 aromatic rings. The molecule has 0 N–H and O–H groups in total. The lowest BCUT2D eigenvalue weighted by Crippen LogP contribution is -2.11. The highest BCUT2D eigenvalue weighted by Crippen LogP contribution is 2.35. The number of fused-ring (bicyclic) bond motifs is 1. The maximum atomic E-state index is 13.0. The number of benzene rings is 1. The Morgan fingerprint density at radius 1 is 0.750 bits per heavy atom. The Labute approximate surface area is 240 Å². The lowest BCUT2D eigenvalue weighted by atomic mass is 10.1. The number of allylic oxidation sites excluding steroid dienone is 7. The molecular weight excluding hydrogens is 500 g/mol. The quantitative estimate of drug-likeness (QED) is 0.112. The van der Waals surface area contributed by atoms with Gasteiger partial charge in [0.1, 0.15) is 24.5 Å². The van der Waals surface area contributed by atoms with Gasteiger partial charge in [0.15, 0.2) is 5.75 Å². The first-order chi connectivity index (χ1) is 19.2. The summed E-state index contributed by atoms with van der Waals surface area (Å²) >= 11 is 0. The molecule has 218 valence electrons. The molecule has 1 aromatic heterocycles. The second-order valence-electron chi connectivity index (χ2n) is 10.6. The molecule has 1 aromatic carbocycles. The van der Waals surface area contributed by atoms with E-state index in [1.54, 1.807) is 6.07 Å². The molecule has 40 heavy (non-hydrogen) atoms. The van der Waals surface area contributed by atoms with Gasteiger partial charge >= 0.3 is 5.63 Å². The summed E-state index contributed by atoms with van der Waals surface area (Å²) in [5.41, 5.74) is 5.01. The summed E-state index contributed by atoms with van der Waals surface area (Å²) in [4.78, 5) is 13.0. The molecule has 0 saturated heterocycles. The van der Waals surface area contributed by atoms with Crippen LogP contribution in [0.25, 0.3) is 11.0 Å². The molecule has 0 unspecified atom stereocenters. The average molecular weight is 549 g/mol. The lowest BCUT2D eigenvalue weighted by molar-refractivity contribution is 0.275. The molecule has 0 atom stereocenters. The van der Waals surface area contributed by atoms with Crippen LogP contribution in [0.3, 0.4) is 0 Å². The van der Waals surface area contributed by atoms with Gasteiger partial charge in [0, 0.05) is 6.07 Å². The highest BCUT2D eigenvalue weighted by atomic mass is 16.5. The second kappa shape index (κ2) is 18.0. The zero-order valence-corrected chi connectivity index (χ0v) is 25.6. The van der Waals surface area contributed by atoms with Gasteiger partial charge in [-0.2, -0.15) is 0 Å². The Bertz CT molecular complexity index is 1280. The monoisotopic (exact) mass is 548 g/mol. The van der Waals surface area contributed by atoms with E-state index in [0.29, 0.717) is 48.7 Å². The van der Waals surface area contributed by atoms with E-state index in [-0.39, 0.29) is 5.75 Å². The second-order valence-corrected chi connectivity index (χ2v) is 10.6. The summed E-state index contributed by atoms with van der Waals surface area (Å²) in [5.74, 6) is 1.14. The van der Waals surface area contributed by atoms with Crippen LogP contribution in [0, 0.1) is 0 Å². The highest BCUT2D eigenvalue weighted by Gasteiger charge is 2.18. The number of ether oxygens (including phenoxy) is 3. The van der Waals surface area contributed by atoms with Crippen LogP contribution in [-0.2, 0) is 0 Å². The fraction of sp³-hybridized carbons (Fsp3) is 0.457. The average Bonchev–Trinajstić information content (AvgIpc) is 2.89. The zero-order chi connectivity index (χ0) is 29.3. The highest BCUT2D eigenvalue weighted by molar-refractivity contribution is 5.86. The summed E-state index contributed by atoms with van der Waals surface area (Å²) in [7, 11) is 0. The predicted octanol–water partition coefficient (Wildman–Crippen LogP) is 9.67. The van der Waals surface area contributed by atoms with E-state index in [9.17, 15) is 4.79 Å². The fourth-order valence-corrected chi connectivity index (χ4v) is 3.94. The van der Waals surface area contributed by atoms with Crippen molar-refractivity contribution in [1.29, 1.82) is 0 Å². The molecule has 0 aliphatic heterocycles. The minimum absolute atomic E-state index is 0.108. The lowest BCUT2D eigenvalue weighted by Gasteiger charge is -2.14. The Balaban J connectivity index is 2.23. The van der Waals surface area contributed by atoms with E-state index < -0.39 is 5.63 Å². The Hall–Kier alpha value is -3.47. The van der Waals surface area contributed by atoms with E-state index in [4.69, 9.17) is 18.6 Å². The number of hydrogen-bond acceptors (Lipinski definition) is 5. The topological polar surface area (TPSA) is 57.9 Å². The standard InChI is InChI=1S/C35H48O5/c1-8-9-10-11-22-38-34-33(39-24-21-29(7)17-13-15-27(4)5)31-19-18-30(25-32(31)40-35(34)36)37-23-20-28(6)16-12-14-26(2)3/h9-10,14-15,18-21,25H,8,11-13,16-17,22-24H2,1-7H3. The Kier molecular flexibility index (Phi) is 14.7. The largest absolute Gasteiger partial charge is 0.489 e. The molecule has 1 heterocycles. The van der Waals surface area contributed by atoms with Crippen LogP contribution in [0.5, 0.6) is 17.2 Å². The Morgan fingerprint density at radius 2 is 1.38 bits per heavy atom. The molecule has 0 aliphatic carbocycles. The van der Waals surface area contributed by atoms with Crippen molar-refractivity contribution in [3.8, 4) is 17.2 Å². The van der Waals surface area contributed by atoms with Crippen molar-refractivity contribution in [2.24, 2.45) is 0 Å². The first-order valence-corrected chi connectivity index (χ1v) is 14.4. The molecule has 0 radical (unpaired) electrons. The summed E-state index contributed by atoms with van der Waals surface area (Å²) < 4.78 is 23.6. The molecule has 5 heteroatoms. The van der Waals surface area contributed by atoms with E-state index in [1.165, 1.54) is 22.3 Å². The van der Waals surface area contributed by atoms with Crippen molar-refractivity contribution >= 4 is 11.0 Å². The van der Waals surface area contributed by atoms with Crippen molar-refractivity contribution in [1.82, 2.24) is 0 Å². The van der Waals surface area contributed by atoms with Gasteiger partial charge in [0.2, 0.25) is 5.75 Å². The molecule has 0 bridgehead atoms. The van der Waals surface area contributed by atoms with Gasteiger partial charge in [0.25, 0.3) is 0 Å². The van der Waals surface area contributed by atoms with Gasteiger partial charge in [-0.3, -0.25) is 0 Å². The van der Waals surface area contributed by atoms with Crippen LogP contribution in [0.15, 0.2) is 86.2 Å². The Morgan fingerprint density at radius 3 is 1.98 bits per heavy atom. The summed E-state index contributed by atoms with van der Waals surface area (Å²) in [6.45, 7) is 15.9. The van der Waals surface area contributed by atoms with E-state index in [2.05, 4.69) is 78.8 Å². The van der Waals surface area contributed by atoms with Gasteiger partial charge in [-0.25, -0.2) is 4.79 Å². The van der Waals surface area contributed by atoms with Crippen LogP contribution in [0.1, 0.15) is 87.0 Å². The molecule has 5 nitrogen and oxygen atoms in total. The van der Waals surface area contributed by atoms with Crippen LogP contribution in [0.2, 0.25) is 0 Å².